The molecule has 1 N–H and O–H groups in total. The average Bonchev–Trinajstić information content (AvgIpc) is 2.45. The third-order valence-corrected chi connectivity index (χ3v) is 4.97. The Morgan fingerprint density at radius 2 is 2.15 bits per heavy atom. The van der Waals surface area contributed by atoms with Crippen molar-refractivity contribution in [1.82, 2.24) is 14.6 Å². The summed E-state index contributed by atoms with van der Waals surface area (Å²) in [5.41, 5.74) is 0. The highest BCUT2D eigenvalue weighted by molar-refractivity contribution is 7.89. The predicted molar refractivity (Wildman–Crippen MR) is 76.3 cm³/mol. The smallest absolute Gasteiger partial charge is 0.243 e. The molecular formula is C12H18ClN3O3S. The van der Waals surface area contributed by atoms with Gasteiger partial charge in [0.25, 0.3) is 0 Å². The third kappa shape index (κ3) is 4.39. The number of aromatic nitrogens is 1. The van der Waals surface area contributed by atoms with Gasteiger partial charge in [0.05, 0.1) is 13.2 Å². The summed E-state index contributed by atoms with van der Waals surface area (Å²) in [7, 11) is -3.58. The summed E-state index contributed by atoms with van der Waals surface area (Å²) in [5.74, 6) is 0. The van der Waals surface area contributed by atoms with E-state index in [-0.39, 0.29) is 10.0 Å². The van der Waals surface area contributed by atoms with Crippen LogP contribution in [0, 0.1) is 0 Å². The van der Waals surface area contributed by atoms with Crippen molar-refractivity contribution in [2.75, 3.05) is 39.4 Å². The van der Waals surface area contributed by atoms with Gasteiger partial charge >= 0.3 is 0 Å². The fourth-order valence-electron chi connectivity index (χ4n) is 1.98. The highest BCUT2D eigenvalue weighted by atomic mass is 35.5. The lowest BCUT2D eigenvalue weighted by molar-refractivity contribution is 0.0376. The van der Waals surface area contributed by atoms with Gasteiger partial charge in [-0.25, -0.2) is 18.1 Å². The van der Waals surface area contributed by atoms with Crippen molar-refractivity contribution in [2.24, 2.45) is 0 Å². The van der Waals surface area contributed by atoms with Gasteiger partial charge in [-0.05, 0) is 25.1 Å². The number of hydrogen-bond donors (Lipinski definition) is 1. The lowest BCUT2D eigenvalue weighted by Crippen LogP contribution is -2.38. The van der Waals surface area contributed by atoms with E-state index in [2.05, 4.69) is 14.6 Å². The van der Waals surface area contributed by atoms with Crippen LogP contribution in [-0.2, 0) is 14.8 Å². The maximum absolute atomic E-state index is 12.0. The van der Waals surface area contributed by atoms with E-state index >= 15 is 0 Å². The van der Waals surface area contributed by atoms with Crippen LogP contribution in [0.1, 0.15) is 6.42 Å². The number of ether oxygens (including phenoxy) is 1. The standard InChI is InChI=1S/C12H18ClN3O3S/c13-12-11(3-1-4-14-12)20(17,18)15-5-2-6-16-7-9-19-10-8-16/h1,3-4,15H,2,5-10H2. The Kier molecular flexibility index (Phi) is 5.74. The van der Waals surface area contributed by atoms with Gasteiger partial charge in [0, 0.05) is 25.8 Å². The van der Waals surface area contributed by atoms with Crippen molar-refractivity contribution >= 4 is 21.6 Å². The van der Waals surface area contributed by atoms with Gasteiger partial charge in [-0.15, -0.1) is 0 Å². The van der Waals surface area contributed by atoms with Crippen molar-refractivity contribution in [1.29, 1.82) is 0 Å². The monoisotopic (exact) mass is 319 g/mol. The summed E-state index contributed by atoms with van der Waals surface area (Å²) in [5, 5.41) is -0.00632. The quantitative estimate of drug-likeness (QED) is 0.618. The Morgan fingerprint density at radius 1 is 1.40 bits per heavy atom. The zero-order valence-electron chi connectivity index (χ0n) is 11.1. The van der Waals surface area contributed by atoms with E-state index in [1.165, 1.54) is 12.3 Å². The van der Waals surface area contributed by atoms with Crippen LogP contribution in [0.3, 0.4) is 0 Å². The molecule has 6 nitrogen and oxygen atoms in total. The molecule has 0 bridgehead atoms. The van der Waals surface area contributed by atoms with E-state index in [4.69, 9.17) is 16.3 Å². The van der Waals surface area contributed by atoms with Crippen LogP contribution >= 0.6 is 11.6 Å². The van der Waals surface area contributed by atoms with Crippen molar-refractivity contribution in [2.45, 2.75) is 11.3 Å². The van der Waals surface area contributed by atoms with Crippen LogP contribution in [0.25, 0.3) is 0 Å². The van der Waals surface area contributed by atoms with Crippen molar-refractivity contribution in [3.63, 3.8) is 0 Å². The topological polar surface area (TPSA) is 71.5 Å². The number of sulfonamides is 1. The molecule has 2 rings (SSSR count). The molecule has 112 valence electrons. The van der Waals surface area contributed by atoms with Gasteiger partial charge in [0.1, 0.15) is 10.0 Å². The molecule has 0 unspecified atom stereocenters. The molecule has 0 atom stereocenters. The summed E-state index contributed by atoms with van der Waals surface area (Å²) in [6.07, 6.45) is 2.21. The van der Waals surface area contributed by atoms with E-state index in [1.54, 1.807) is 6.07 Å². The molecule has 0 radical (unpaired) electrons. The van der Waals surface area contributed by atoms with Gasteiger partial charge in [-0.1, -0.05) is 11.6 Å². The van der Waals surface area contributed by atoms with Crippen molar-refractivity contribution < 1.29 is 13.2 Å². The normalized spacial score (nSPS) is 17.2. The first kappa shape index (κ1) is 15.7. The van der Waals surface area contributed by atoms with Gasteiger partial charge in [-0.3, -0.25) is 4.90 Å². The first-order chi connectivity index (χ1) is 9.59. The van der Waals surface area contributed by atoms with E-state index < -0.39 is 10.0 Å². The van der Waals surface area contributed by atoms with E-state index in [1.807, 2.05) is 0 Å². The highest BCUT2D eigenvalue weighted by Crippen LogP contribution is 2.17. The van der Waals surface area contributed by atoms with E-state index in [0.717, 1.165) is 39.3 Å². The summed E-state index contributed by atoms with van der Waals surface area (Å²) in [6.45, 7) is 4.54. The molecule has 0 saturated carbocycles. The van der Waals surface area contributed by atoms with Gasteiger partial charge in [0.2, 0.25) is 10.0 Å². The maximum atomic E-state index is 12.0. The zero-order chi connectivity index (χ0) is 14.4. The maximum Gasteiger partial charge on any atom is 0.243 e. The minimum Gasteiger partial charge on any atom is -0.379 e. The molecule has 2 heterocycles. The number of halogens is 1. The number of morpholine rings is 1. The van der Waals surface area contributed by atoms with E-state index in [0.29, 0.717) is 6.54 Å². The molecule has 1 aromatic heterocycles. The fourth-order valence-corrected chi connectivity index (χ4v) is 3.51. The number of nitrogens with zero attached hydrogens (tertiary/aromatic N) is 2. The molecule has 20 heavy (non-hydrogen) atoms. The number of pyridine rings is 1. The molecule has 0 aliphatic carbocycles. The first-order valence-corrected chi connectivity index (χ1v) is 8.36. The molecule has 1 saturated heterocycles. The van der Waals surface area contributed by atoms with Gasteiger partial charge in [-0.2, -0.15) is 0 Å². The summed E-state index contributed by atoms with van der Waals surface area (Å²) in [4.78, 5) is 6.05. The van der Waals surface area contributed by atoms with Crippen LogP contribution in [0.5, 0.6) is 0 Å². The van der Waals surface area contributed by atoms with Crippen LogP contribution in [0.2, 0.25) is 5.15 Å². The SMILES string of the molecule is O=S(=O)(NCCCN1CCOCC1)c1cccnc1Cl. The summed E-state index contributed by atoms with van der Waals surface area (Å²) >= 11 is 5.79. The third-order valence-electron chi connectivity index (χ3n) is 3.06. The summed E-state index contributed by atoms with van der Waals surface area (Å²) < 4.78 is 31.9. The highest BCUT2D eigenvalue weighted by Gasteiger charge is 2.18. The molecule has 0 spiro atoms. The molecule has 1 aromatic rings. The number of rotatable bonds is 6. The minimum atomic E-state index is -3.58. The lowest BCUT2D eigenvalue weighted by Gasteiger charge is -2.26. The Morgan fingerprint density at radius 3 is 2.85 bits per heavy atom. The molecule has 0 amide bonds. The van der Waals surface area contributed by atoms with Crippen molar-refractivity contribution in [3.8, 4) is 0 Å². The number of nitrogens with one attached hydrogen (secondary N) is 1. The Bertz CT molecular complexity index is 533. The second-order valence-corrected chi connectivity index (χ2v) is 6.59. The van der Waals surface area contributed by atoms with Gasteiger partial charge < -0.3 is 4.74 Å². The lowest BCUT2D eigenvalue weighted by atomic mass is 10.3. The summed E-state index contributed by atoms with van der Waals surface area (Å²) in [6, 6.07) is 2.99. The second-order valence-electron chi connectivity index (χ2n) is 4.50. The molecule has 1 aliphatic heterocycles. The van der Waals surface area contributed by atoms with Gasteiger partial charge in [0.15, 0.2) is 0 Å². The van der Waals surface area contributed by atoms with Crippen LogP contribution in [-0.4, -0.2) is 57.7 Å². The molecular weight excluding hydrogens is 302 g/mol. The Hall–Kier alpha value is -0.730. The molecule has 8 heteroatoms. The van der Waals surface area contributed by atoms with Crippen LogP contribution in [0.4, 0.5) is 0 Å². The average molecular weight is 320 g/mol. The largest absolute Gasteiger partial charge is 0.379 e. The molecule has 1 fully saturated rings. The zero-order valence-corrected chi connectivity index (χ0v) is 12.7. The van der Waals surface area contributed by atoms with E-state index in [9.17, 15) is 8.42 Å². The fraction of sp³-hybridized carbons (Fsp3) is 0.583. The second kappa shape index (κ2) is 7.33. The van der Waals surface area contributed by atoms with Crippen LogP contribution in [0.15, 0.2) is 23.2 Å². The minimum absolute atomic E-state index is 0.00632. The van der Waals surface area contributed by atoms with Crippen LogP contribution < -0.4 is 4.72 Å². The first-order valence-electron chi connectivity index (χ1n) is 6.50. The number of hydrogen-bond acceptors (Lipinski definition) is 5. The Labute approximate surface area is 124 Å². The molecule has 0 aromatic carbocycles. The predicted octanol–water partition coefficient (Wildman–Crippen LogP) is 0.736. The molecule has 1 aliphatic rings. The Balaban J connectivity index is 1.79. The van der Waals surface area contributed by atoms with Crippen molar-refractivity contribution in [3.05, 3.63) is 23.5 Å².